The summed E-state index contributed by atoms with van der Waals surface area (Å²) in [7, 11) is 0. The molecule has 8 nitrogen and oxygen atoms in total. The van der Waals surface area contributed by atoms with Crippen LogP contribution in [0, 0.1) is 0 Å². The third-order valence-electron chi connectivity index (χ3n) is 2.21. The second kappa shape index (κ2) is 6.53. The zero-order valence-corrected chi connectivity index (χ0v) is 10.4. The summed E-state index contributed by atoms with van der Waals surface area (Å²) in [6.07, 6.45) is 0.554. The van der Waals surface area contributed by atoms with Gasteiger partial charge in [-0.05, 0) is 6.92 Å². The van der Waals surface area contributed by atoms with Crippen LogP contribution in [-0.4, -0.2) is 41.6 Å². The molecule has 1 rings (SSSR count). The van der Waals surface area contributed by atoms with Gasteiger partial charge in [0.2, 0.25) is 0 Å². The molecule has 0 radical (unpaired) electrons. The highest BCUT2D eigenvalue weighted by Crippen LogP contribution is 2.12. The minimum absolute atomic E-state index is 0.00328. The van der Waals surface area contributed by atoms with E-state index >= 15 is 0 Å². The maximum Gasteiger partial charge on any atom is 0.408 e. The van der Waals surface area contributed by atoms with E-state index < -0.39 is 29.9 Å². The molecule has 0 bridgehead atoms. The van der Waals surface area contributed by atoms with Gasteiger partial charge < -0.3 is 14.9 Å². The van der Waals surface area contributed by atoms with E-state index in [9.17, 15) is 19.2 Å². The average molecular weight is 270 g/mol. The maximum absolute atomic E-state index is 11.5. The summed E-state index contributed by atoms with van der Waals surface area (Å²) in [5.41, 5.74) is 0. The zero-order chi connectivity index (χ0) is 14.4. The second-order valence-electron chi connectivity index (χ2n) is 3.75. The molecule has 1 atom stereocenters. The van der Waals surface area contributed by atoms with Crippen LogP contribution in [0.4, 0.5) is 4.79 Å². The highest BCUT2D eigenvalue weighted by atomic mass is 16.7. The third-order valence-corrected chi connectivity index (χ3v) is 2.21. The summed E-state index contributed by atoms with van der Waals surface area (Å²) in [5.74, 6) is -2.10. The number of carbonyl (C=O) groups is 4. The molecule has 1 saturated heterocycles. The standard InChI is InChI=1S/C11H14N2O6/c1-3-6-18-11(17)12-7(2)10(16)19-13-8(14)4-5-9(13)15/h3,7H,1,4-6H2,2H3,(H,12,17)/t7-/m1/s1. The number of imide groups is 1. The number of hydrogen-bond acceptors (Lipinski definition) is 6. The lowest BCUT2D eigenvalue weighted by Crippen LogP contribution is -2.43. The number of hydrogen-bond donors (Lipinski definition) is 1. The average Bonchev–Trinajstić information content (AvgIpc) is 2.67. The first-order chi connectivity index (χ1) is 8.95. The maximum atomic E-state index is 11.5. The van der Waals surface area contributed by atoms with Gasteiger partial charge in [-0.3, -0.25) is 9.59 Å². The minimum Gasteiger partial charge on any atom is -0.445 e. The van der Waals surface area contributed by atoms with Crippen molar-refractivity contribution in [3.8, 4) is 0 Å². The highest BCUT2D eigenvalue weighted by molar-refractivity contribution is 6.01. The van der Waals surface area contributed by atoms with E-state index in [2.05, 4.69) is 21.5 Å². The van der Waals surface area contributed by atoms with Crippen LogP contribution >= 0.6 is 0 Å². The number of carbonyl (C=O) groups excluding carboxylic acids is 4. The Balaban J connectivity index is 2.44. The Bertz CT molecular complexity index is 403. The largest absolute Gasteiger partial charge is 0.445 e. The zero-order valence-electron chi connectivity index (χ0n) is 10.4. The Morgan fingerprint density at radius 3 is 2.53 bits per heavy atom. The molecule has 0 saturated carbocycles. The van der Waals surface area contributed by atoms with Gasteiger partial charge in [0, 0.05) is 12.8 Å². The Morgan fingerprint density at radius 1 is 1.42 bits per heavy atom. The Morgan fingerprint density at radius 2 is 2.00 bits per heavy atom. The van der Waals surface area contributed by atoms with E-state index in [1.54, 1.807) is 0 Å². The fourth-order valence-corrected chi connectivity index (χ4v) is 1.24. The first-order valence-corrected chi connectivity index (χ1v) is 5.57. The molecule has 1 aliphatic rings. The number of rotatable bonds is 5. The van der Waals surface area contributed by atoms with E-state index in [1.807, 2.05) is 0 Å². The van der Waals surface area contributed by atoms with Crippen LogP contribution in [0.25, 0.3) is 0 Å². The molecule has 0 spiro atoms. The van der Waals surface area contributed by atoms with Crippen molar-refractivity contribution >= 4 is 23.9 Å². The fourth-order valence-electron chi connectivity index (χ4n) is 1.24. The summed E-state index contributed by atoms with van der Waals surface area (Å²) < 4.78 is 4.60. The summed E-state index contributed by atoms with van der Waals surface area (Å²) in [5, 5.41) is 2.60. The highest BCUT2D eigenvalue weighted by Gasteiger charge is 2.34. The normalized spacial score (nSPS) is 15.9. The van der Waals surface area contributed by atoms with E-state index in [0.717, 1.165) is 0 Å². The number of nitrogens with one attached hydrogen (secondary N) is 1. The molecule has 1 aliphatic heterocycles. The van der Waals surface area contributed by atoms with Crippen molar-refractivity contribution in [2.45, 2.75) is 25.8 Å². The minimum atomic E-state index is -1.06. The molecular formula is C11H14N2O6. The number of alkyl carbamates (subject to hydrolysis) is 1. The molecular weight excluding hydrogens is 256 g/mol. The number of hydroxylamine groups is 2. The van der Waals surface area contributed by atoms with Crippen LogP contribution in [0.2, 0.25) is 0 Å². The van der Waals surface area contributed by atoms with Crippen molar-refractivity contribution in [1.82, 2.24) is 10.4 Å². The van der Waals surface area contributed by atoms with Crippen LogP contribution < -0.4 is 5.32 Å². The number of amides is 3. The smallest absolute Gasteiger partial charge is 0.408 e. The van der Waals surface area contributed by atoms with Crippen LogP contribution in [0.5, 0.6) is 0 Å². The fraction of sp³-hybridized carbons (Fsp3) is 0.455. The molecule has 0 aromatic rings. The van der Waals surface area contributed by atoms with E-state index in [1.165, 1.54) is 13.0 Å². The van der Waals surface area contributed by atoms with Crippen molar-refractivity contribution in [2.75, 3.05) is 6.61 Å². The molecule has 8 heteroatoms. The molecule has 0 aliphatic carbocycles. The molecule has 0 aromatic carbocycles. The molecule has 1 fully saturated rings. The predicted octanol–water partition coefficient (Wildman–Crippen LogP) is -0.106. The van der Waals surface area contributed by atoms with Gasteiger partial charge in [0.1, 0.15) is 12.6 Å². The van der Waals surface area contributed by atoms with Crippen molar-refractivity contribution in [3.05, 3.63) is 12.7 Å². The first kappa shape index (κ1) is 14.7. The van der Waals surface area contributed by atoms with Crippen molar-refractivity contribution in [2.24, 2.45) is 0 Å². The number of ether oxygens (including phenoxy) is 1. The van der Waals surface area contributed by atoms with Crippen molar-refractivity contribution in [3.63, 3.8) is 0 Å². The first-order valence-electron chi connectivity index (χ1n) is 5.57. The third kappa shape index (κ3) is 4.09. The van der Waals surface area contributed by atoms with Gasteiger partial charge in [0.25, 0.3) is 11.8 Å². The summed E-state index contributed by atoms with van der Waals surface area (Å²) in [4.78, 5) is 49.7. The lowest BCUT2D eigenvalue weighted by Gasteiger charge is -2.16. The SMILES string of the molecule is C=CCOC(=O)N[C@H](C)C(=O)ON1C(=O)CCC1=O. The molecule has 1 heterocycles. The van der Waals surface area contributed by atoms with Gasteiger partial charge in [0.15, 0.2) is 0 Å². The summed E-state index contributed by atoms with van der Waals surface area (Å²) >= 11 is 0. The van der Waals surface area contributed by atoms with Crippen LogP contribution in [0.1, 0.15) is 19.8 Å². The topological polar surface area (TPSA) is 102 Å². The number of nitrogens with zero attached hydrogens (tertiary/aromatic N) is 1. The van der Waals surface area contributed by atoms with Gasteiger partial charge in [-0.2, -0.15) is 0 Å². The second-order valence-corrected chi connectivity index (χ2v) is 3.75. The lowest BCUT2D eigenvalue weighted by molar-refractivity contribution is -0.198. The Labute approximate surface area is 109 Å². The molecule has 3 amide bonds. The molecule has 104 valence electrons. The van der Waals surface area contributed by atoms with Crippen molar-refractivity contribution in [1.29, 1.82) is 0 Å². The van der Waals surface area contributed by atoms with E-state index in [-0.39, 0.29) is 19.4 Å². The van der Waals surface area contributed by atoms with Gasteiger partial charge in [-0.1, -0.05) is 12.7 Å². The monoisotopic (exact) mass is 270 g/mol. The van der Waals surface area contributed by atoms with Gasteiger partial charge in [-0.15, -0.1) is 5.06 Å². The Kier molecular flexibility index (Phi) is 5.04. The molecule has 19 heavy (non-hydrogen) atoms. The quantitative estimate of drug-likeness (QED) is 0.552. The summed E-state index contributed by atoms with van der Waals surface area (Å²) in [6.45, 7) is 4.69. The van der Waals surface area contributed by atoms with Crippen LogP contribution in [0.15, 0.2) is 12.7 Å². The predicted molar refractivity (Wildman–Crippen MR) is 61.3 cm³/mol. The van der Waals surface area contributed by atoms with Gasteiger partial charge in [-0.25, -0.2) is 9.59 Å². The molecule has 0 unspecified atom stereocenters. The summed E-state index contributed by atoms with van der Waals surface area (Å²) in [6, 6.07) is -1.06. The van der Waals surface area contributed by atoms with Gasteiger partial charge in [0.05, 0.1) is 0 Å². The van der Waals surface area contributed by atoms with E-state index in [0.29, 0.717) is 5.06 Å². The molecule has 0 aromatic heterocycles. The van der Waals surface area contributed by atoms with Crippen LogP contribution in [-0.2, 0) is 24.0 Å². The van der Waals surface area contributed by atoms with E-state index in [4.69, 9.17) is 0 Å². The Hall–Kier alpha value is -2.38. The molecule has 1 N–H and O–H groups in total. The van der Waals surface area contributed by atoms with Gasteiger partial charge >= 0.3 is 12.1 Å². The van der Waals surface area contributed by atoms with Crippen molar-refractivity contribution < 1.29 is 28.8 Å². The lowest BCUT2D eigenvalue weighted by atomic mass is 10.3. The van der Waals surface area contributed by atoms with Crippen LogP contribution in [0.3, 0.4) is 0 Å².